The van der Waals surface area contributed by atoms with Gasteiger partial charge in [-0.3, -0.25) is 10.2 Å². The second-order valence-electron chi connectivity index (χ2n) is 14.6. The van der Waals surface area contributed by atoms with Gasteiger partial charge in [0.2, 0.25) is 0 Å². The average Bonchev–Trinajstić information content (AvgIpc) is 3.37. The number of unbranched alkanes of at least 4 members (excludes halogenated alkanes) is 1. The number of rotatable bonds is 12. The number of carbonyl (C=O) groups excluding carboxylic acids is 3. The molecule has 266 valence electrons. The summed E-state index contributed by atoms with van der Waals surface area (Å²) < 4.78 is 16.7. The molecule has 1 fully saturated rings. The van der Waals surface area contributed by atoms with E-state index in [1.807, 2.05) is 73.7 Å². The highest BCUT2D eigenvalue weighted by Gasteiger charge is 2.39. The number of likely N-dealkylation sites (tertiary alicyclic amines) is 1. The molecule has 0 aliphatic carbocycles. The molecule has 11 nitrogen and oxygen atoms in total. The third kappa shape index (κ3) is 13.1. The molecule has 0 bridgehead atoms. The van der Waals surface area contributed by atoms with Gasteiger partial charge in [-0.2, -0.15) is 0 Å². The Morgan fingerprint density at radius 3 is 2.29 bits per heavy atom. The first-order chi connectivity index (χ1) is 22.4. The maximum Gasteiger partial charge on any atom is 0.413 e. The number of hydrogen-bond acceptors (Lipinski definition) is 8. The Labute approximate surface area is 291 Å². The maximum absolute atomic E-state index is 13.3. The Morgan fingerprint density at radius 2 is 1.67 bits per heavy atom. The molecule has 0 radical (unpaired) electrons. The van der Waals surface area contributed by atoms with E-state index < -0.39 is 23.4 Å². The topological polar surface area (TPSA) is 114 Å². The lowest BCUT2D eigenvalue weighted by Gasteiger charge is -2.32. The van der Waals surface area contributed by atoms with Crippen molar-refractivity contribution >= 4 is 35.7 Å². The van der Waals surface area contributed by atoms with Gasteiger partial charge in [0.15, 0.2) is 0 Å². The van der Waals surface area contributed by atoms with E-state index in [0.29, 0.717) is 56.6 Å². The van der Waals surface area contributed by atoms with Gasteiger partial charge in [-0.05, 0) is 110 Å². The number of carbonyl (C=O) groups is 3. The standard InChI is InChI=1S/C36H54ClN5O6/c1-10-11-18-46-33(44)42-23-27(21-29-19-25(2)20-31(38-29)39-32(43)47-35(3,4)5)30(24-42)40(9)16-17-41(34(45)48-36(6,7)8)22-26-12-14-28(37)15-13-26/h12-15,19-20,27,30H,10-11,16-18,21-24H2,1-9H3,(H,38,39,43). The molecule has 1 aromatic carbocycles. The van der Waals surface area contributed by atoms with E-state index in [-0.39, 0.29) is 18.1 Å². The number of nitrogens with one attached hydrogen (secondary N) is 1. The van der Waals surface area contributed by atoms with Crippen LogP contribution in [0.4, 0.5) is 20.2 Å². The van der Waals surface area contributed by atoms with Crippen LogP contribution < -0.4 is 5.32 Å². The van der Waals surface area contributed by atoms with Crippen molar-refractivity contribution in [1.29, 1.82) is 0 Å². The lowest BCUT2D eigenvalue weighted by atomic mass is 9.96. The largest absolute Gasteiger partial charge is 0.449 e. The number of hydrogen-bond donors (Lipinski definition) is 1. The van der Waals surface area contributed by atoms with E-state index in [9.17, 15) is 14.4 Å². The van der Waals surface area contributed by atoms with Crippen molar-refractivity contribution in [3.05, 3.63) is 58.2 Å². The van der Waals surface area contributed by atoms with Gasteiger partial charge in [0.1, 0.15) is 17.0 Å². The molecule has 1 N–H and O–H groups in total. The Balaban J connectivity index is 1.80. The number of aromatic nitrogens is 1. The fraction of sp³-hybridized carbons (Fsp3) is 0.611. The van der Waals surface area contributed by atoms with Gasteiger partial charge >= 0.3 is 18.3 Å². The monoisotopic (exact) mass is 687 g/mol. The lowest BCUT2D eigenvalue weighted by Crippen LogP contribution is -2.45. The number of nitrogens with zero attached hydrogens (tertiary/aromatic N) is 4. The number of likely N-dealkylation sites (N-methyl/N-ethyl adjacent to an activating group) is 1. The molecule has 1 aliphatic heterocycles. The van der Waals surface area contributed by atoms with Gasteiger partial charge in [0.25, 0.3) is 0 Å². The lowest BCUT2D eigenvalue weighted by molar-refractivity contribution is 0.0209. The van der Waals surface area contributed by atoms with Crippen molar-refractivity contribution in [3.63, 3.8) is 0 Å². The van der Waals surface area contributed by atoms with Crippen LogP contribution in [0, 0.1) is 12.8 Å². The van der Waals surface area contributed by atoms with E-state index in [0.717, 1.165) is 29.7 Å². The van der Waals surface area contributed by atoms with Crippen molar-refractivity contribution in [2.75, 3.05) is 45.2 Å². The maximum atomic E-state index is 13.3. The summed E-state index contributed by atoms with van der Waals surface area (Å²) in [5.74, 6) is 0.428. The number of halogens is 1. The zero-order chi connectivity index (χ0) is 35.6. The summed E-state index contributed by atoms with van der Waals surface area (Å²) in [6.45, 7) is 17.6. The predicted molar refractivity (Wildman–Crippen MR) is 188 cm³/mol. The van der Waals surface area contributed by atoms with E-state index in [2.05, 4.69) is 17.1 Å². The number of pyridine rings is 1. The SMILES string of the molecule is CCCCOC(=O)N1CC(Cc2cc(C)cc(NC(=O)OC(C)(C)C)n2)C(N(C)CCN(Cc2ccc(Cl)cc2)C(=O)OC(C)(C)C)C1. The van der Waals surface area contributed by atoms with Crippen LogP contribution in [0.15, 0.2) is 36.4 Å². The van der Waals surface area contributed by atoms with Gasteiger partial charge in [0.05, 0.1) is 6.61 Å². The third-order valence-corrected chi connectivity index (χ3v) is 7.99. The first-order valence-electron chi connectivity index (χ1n) is 16.7. The highest BCUT2D eigenvalue weighted by atomic mass is 35.5. The van der Waals surface area contributed by atoms with Crippen LogP contribution in [-0.4, -0.2) is 95.0 Å². The first-order valence-corrected chi connectivity index (χ1v) is 17.1. The minimum Gasteiger partial charge on any atom is -0.449 e. The summed E-state index contributed by atoms with van der Waals surface area (Å²) in [5.41, 5.74) is 1.40. The highest BCUT2D eigenvalue weighted by molar-refractivity contribution is 6.30. The second kappa shape index (κ2) is 17.2. The molecule has 2 unspecified atom stereocenters. The minimum atomic E-state index is -0.644. The number of anilines is 1. The zero-order valence-corrected chi connectivity index (χ0v) is 30.9. The molecule has 12 heteroatoms. The second-order valence-corrected chi connectivity index (χ2v) is 15.0. The summed E-state index contributed by atoms with van der Waals surface area (Å²) in [6.07, 6.45) is 1.01. The summed E-state index contributed by atoms with van der Waals surface area (Å²) >= 11 is 6.10. The molecule has 0 saturated carbocycles. The van der Waals surface area contributed by atoms with Crippen molar-refractivity contribution in [3.8, 4) is 0 Å². The molecular formula is C36H54ClN5O6. The van der Waals surface area contributed by atoms with Gasteiger partial charge in [-0.25, -0.2) is 19.4 Å². The van der Waals surface area contributed by atoms with Gasteiger partial charge in [-0.1, -0.05) is 37.1 Å². The molecule has 1 saturated heterocycles. The molecular weight excluding hydrogens is 634 g/mol. The normalized spacial score (nSPS) is 16.5. The smallest absolute Gasteiger partial charge is 0.413 e. The summed E-state index contributed by atoms with van der Waals surface area (Å²) in [7, 11) is 2.01. The zero-order valence-electron chi connectivity index (χ0n) is 30.1. The summed E-state index contributed by atoms with van der Waals surface area (Å²) in [4.78, 5) is 49.2. The molecule has 0 spiro atoms. The average molecular weight is 688 g/mol. The Hall–Kier alpha value is -3.57. The molecule has 2 heterocycles. The molecule has 3 rings (SSSR count). The number of ether oxygens (including phenoxy) is 3. The van der Waals surface area contributed by atoms with E-state index >= 15 is 0 Å². The fourth-order valence-electron chi connectivity index (χ4n) is 5.50. The van der Waals surface area contributed by atoms with Crippen LogP contribution in [0.1, 0.15) is 78.1 Å². The highest BCUT2D eigenvalue weighted by Crippen LogP contribution is 2.27. The first kappa shape index (κ1) is 38.9. The van der Waals surface area contributed by atoms with Crippen LogP contribution in [-0.2, 0) is 27.2 Å². The van der Waals surface area contributed by atoms with Crippen molar-refractivity contribution in [1.82, 2.24) is 19.7 Å². The van der Waals surface area contributed by atoms with Crippen LogP contribution in [0.2, 0.25) is 5.02 Å². The van der Waals surface area contributed by atoms with E-state index in [1.54, 1.807) is 28.0 Å². The molecule has 3 amide bonds. The Bertz CT molecular complexity index is 1370. The van der Waals surface area contributed by atoms with Gasteiger partial charge in [0, 0.05) is 49.5 Å². The molecule has 2 aromatic rings. The van der Waals surface area contributed by atoms with Crippen molar-refractivity contribution in [2.24, 2.45) is 5.92 Å². The minimum absolute atomic E-state index is 0.0173. The number of amides is 3. The van der Waals surface area contributed by atoms with E-state index in [4.69, 9.17) is 30.8 Å². The van der Waals surface area contributed by atoms with Crippen molar-refractivity contribution < 1.29 is 28.6 Å². The molecule has 1 aliphatic rings. The third-order valence-electron chi connectivity index (χ3n) is 7.74. The molecule has 1 aromatic heterocycles. The van der Waals surface area contributed by atoms with Gasteiger partial charge in [-0.15, -0.1) is 0 Å². The Morgan fingerprint density at radius 1 is 1.00 bits per heavy atom. The van der Waals surface area contributed by atoms with Gasteiger partial charge < -0.3 is 24.0 Å². The predicted octanol–water partition coefficient (Wildman–Crippen LogP) is 7.54. The van der Waals surface area contributed by atoms with Crippen LogP contribution in [0.3, 0.4) is 0 Å². The summed E-state index contributed by atoms with van der Waals surface area (Å²) in [5, 5.41) is 3.38. The number of benzene rings is 1. The van der Waals surface area contributed by atoms with Crippen LogP contribution >= 0.6 is 11.6 Å². The van der Waals surface area contributed by atoms with E-state index in [1.165, 1.54) is 0 Å². The van der Waals surface area contributed by atoms with Crippen LogP contribution in [0.25, 0.3) is 0 Å². The summed E-state index contributed by atoms with van der Waals surface area (Å²) in [6, 6.07) is 11.2. The Kier molecular flexibility index (Phi) is 13.9. The molecule has 48 heavy (non-hydrogen) atoms. The fourth-order valence-corrected chi connectivity index (χ4v) is 5.62. The molecule has 2 atom stereocenters. The number of aryl methyl sites for hydroxylation is 1. The van der Waals surface area contributed by atoms with Crippen LogP contribution in [0.5, 0.6) is 0 Å². The quantitative estimate of drug-likeness (QED) is 0.180. The van der Waals surface area contributed by atoms with Crippen molar-refractivity contribution in [2.45, 2.75) is 98.4 Å².